The molecule has 0 saturated heterocycles. The van der Waals surface area contributed by atoms with Gasteiger partial charge < -0.3 is 10.1 Å². The largest absolute Gasteiger partial charge is 0.481 e. The van der Waals surface area contributed by atoms with Crippen LogP contribution in [0.1, 0.15) is 23.6 Å². The lowest BCUT2D eigenvalue weighted by Crippen LogP contribution is -2.30. The van der Waals surface area contributed by atoms with Gasteiger partial charge in [0.15, 0.2) is 6.10 Å². The molecule has 0 heterocycles. The number of carbonyl (C=O) groups is 1. The normalized spacial score (nSPS) is 11.9. The van der Waals surface area contributed by atoms with Gasteiger partial charge in [-0.2, -0.15) is 0 Å². The van der Waals surface area contributed by atoms with Crippen LogP contribution in [0.25, 0.3) is 0 Å². The van der Waals surface area contributed by atoms with Crippen LogP contribution in [-0.2, 0) is 4.79 Å². The predicted octanol–water partition coefficient (Wildman–Crippen LogP) is 4.67. The average Bonchev–Trinajstić information content (AvgIpc) is 2.47. The Kier molecular flexibility index (Phi) is 5.09. The van der Waals surface area contributed by atoms with Crippen LogP contribution in [0.2, 0.25) is 5.02 Å². The zero-order chi connectivity index (χ0) is 16.3. The van der Waals surface area contributed by atoms with Gasteiger partial charge in [-0.3, -0.25) is 4.79 Å². The number of anilines is 1. The van der Waals surface area contributed by atoms with Crippen molar-refractivity contribution in [2.45, 2.75) is 33.8 Å². The van der Waals surface area contributed by atoms with E-state index in [0.29, 0.717) is 10.7 Å². The number of halogens is 1. The highest BCUT2D eigenvalue weighted by molar-refractivity contribution is 6.31. The second-order valence-electron chi connectivity index (χ2n) is 5.41. The molecular formula is C18H20ClNO2. The van der Waals surface area contributed by atoms with Crippen LogP contribution < -0.4 is 10.1 Å². The van der Waals surface area contributed by atoms with Crippen molar-refractivity contribution < 1.29 is 9.53 Å². The fraction of sp³-hybridized carbons (Fsp3) is 0.278. The van der Waals surface area contributed by atoms with Crippen LogP contribution in [0.5, 0.6) is 5.75 Å². The maximum atomic E-state index is 12.2. The third kappa shape index (κ3) is 3.80. The van der Waals surface area contributed by atoms with Crippen LogP contribution >= 0.6 is 11.6 Å². The van der Waals surface area contributed by atoms with Crippen molar-refractivity contribution in [2.24, 2.45) is 0 Å². The molecule has 2 rings (SSSR count). The molecule has 1 unspecified atom stereocenters. The Hall–Kier alpha value is -2.00. The van der Waals surface area contributed by atoms with E-state index in [1.165, 1.54) is 0 Å². The molecule has 0 bridgehead atoms. The summed E-state index contributed by atoms with van der Waals surface area (Å²) in [4.78, 5) is 12.2. The molecule has 0 saturated carbocycles. The number of hydrogen-bond acceptors (Lipinski definition) is 2. The van der Waals surface area contributed by atoms with E-state index in [1.54, 1.807) is 13.0 Å². The lowest BCUT2D eigenvalue weighted by molar-refractivity contribution is -0.122. The third-order valence-corrected chi connectivity index (χ3v) is 4.07. The minimum Gasteiger partial charge on any atom is -0.481 e. The minimum absolute atomic E-state index is 0.208. The minimum atomic E-state index is -0.597. The number of amides is 1. The fourth-order valence-electron chi connectivity index (χ4n) is 2.01. The lowest BCUT2D eigenvalue weighted by atomic mass is 10.1. The van der Waals surface area contributed by atoms with Crippen molar-refractivity contribution in [3.8, 4) is 5.75 Å². The van der Waals surface area contributed by atoms with Crippen LogP contribution in [0.4, 0.5) is 5.69 Å². The Labute approximate surface area is 136 Å². The number of benzene rings is 2. The molecule has 0 spiro atoms. The van der Waals surface area contributed by atoms with Gasteiger partial charge in [-0.05, 0) is 62.6 Å². The number of rotatable bonds is 4. The highest BCUT2D eigenvalue weighted by Crippen LogP contribution is 2.23. The van der Waals surface area contributed by atoms with Gasteiger partial charge in [-0.1, -0.05) is 29.8 Å². The van der Waals surface area contributed by atoms with Crippen molar-refractivity contribution in [3.63, 3.8) is 0 Å². The maximum absolute atomic E-state index is 12.2. The first-order valence-electron chi connectivity index (χ1n) is 7.18. The highest BCUT2D eigenvalue weighted by Gasteiger charge is 2.16. The molecule has 4 heteroatoms. The van der Waals surface area contributed by atoms with Crippen molar-refractivity contribution >= 4 is 23.2 Å². The third-order valence-electron chi connectivity index (χ3n) is 3.67. The van der Waals surface area contributed by atoms with Crippen LogP contribution in [0, 0.1) is 20.8 Å². The second-order valence-corrected chi connectivity index (χ2v) is 5.82. The summed E-state index contributed by atoms with van der Waals surface area (Å²) in [5, 5.41) is 3.44. The summed E-state index contributed by atoms with van der Waals surface area (Å²) < 4.78 is 5.77. The van der Waals surface area contributed by atoms with Crippen molar-refractivity contribution in [3.05, 3.63) is 58.1 Å². The number of aryl methyl sites for hydroxylation is 2. The van der Waals surface area contributed by atoms with Crippen molar-refractivity contribution in [2.75, 3.05) is 5.32 Å². The Bertz CT molecular complexity index is 697. The molecule has 2 aromatic rings. The molecule has 0 aliphatic carbocycles. The van der Waals surface area contributed by atoms with Gasteiger partial charge in [0.25, 0.3) is 5.91 Å². The Morgan fingerprint density at radius 1 is 1.14 bits per heavy atom. The Morgan fingerprint density at radius 3 is 2.55 bits per heavy atom. The van der Waals surface area contributed by atoms with E-state index in [1.807, 2.05) is 51.1 Å². The van der Waals surface area contributed by atoms with E-state index in [2.05, 4.69) is 5.32 Å². The molecule has 0 radical (unpaired) electrons. The second kappa shape index (κ2) is 6.84. The van der Waals surface area contributed by atoms with E-state index in [-0.39, 0.29) is 5.91 Å². The van der Waals surface area contributed by atoms with Gasteiger partial charge in [-0.25, -0.2) is 0 Å². The molecule has 0 fully saturated rings. The Morgan fingerprint density at radius 2 is 1.86 bits per heavy atom. The quantitative estimate of drug-likeness (QED) is 0.889. The first kappa shape index (κ1) is 16.4. The van der Waals surface area contributed by atoms with Crippen molar-refractivity contribution in [1.82, 2.24) is 0 Å². The van der Waals surface area contributed by atoms with Gasteiger partial charge in [-0.15, -0.1) is 0 Å². The number of nitrogens with one attached hydrogen (secondary N) is 1. The summed E-state index contributed by atoms with van der Waals surface area (Å²) in [5.74, 6) is 0.519. The van der Waals surface area contributed by atoms with Gasteiger partial charge in [0.05, 0.1) is 0 Å². The lowest BCUT2D eigenvalue weighted by Gasteiger charge is -2.17. The molecular weight excluding hydrogens is 298 g/mol. The predicted molar refractivity (Wildman–Crippen MR) is 90.8 cm³/mol. The summed E-state index contributed by atoms with van der Waals surface area (Å²) >= 11 is 6.06. The standard InChI is InChI=1S/C18H20ClNO2/c1-11-6-5-7-17(13(11)3)22-14(4)18(21)20-15-9-8-12(2)16(19)10-15/h5-10,14H,1-4H3,(H,20,21). The molecule has 3 nitrogen and oxygen atoms in total. The molecule has 22 heavy (non-hydrogen) atoms. The monoisotopic (exact) mass is 317 g/mol. The summed E-state index contributed by atoms with van der Waals surface area (Å²) in [6.45, 7) is 7.64. The molecule has 0 aliphatic rings. The molecule has 1 atom stereocenters. The Balaban J connectivity index is 2.06. The van der Waals surface area contributed by atoms with E-state index in [9.17, 15) is 4.79 Å². The summed E-state index contributed by atoms with van der Waals surface area (Å²) in [6.07, 6.45) is -0.597. The first-order valence-corrected chi connectivity index (χ1v) is 7.56. The SMILES string of the molecule is Cc1ccc(NC(=O)C(C)Oc2cccc(C)c2C)cc1Cl. The molecule has 116 valence electrons. The summed E-state index contributed by atoms with van der Waals surface area (Å²) in [6, 6.07) is 11.2. The first-order chi connectivity index (χ1) is 10.4. The van der Waals surface area contributed by atoms with Gasteiger partial charge in [0, 0.05) is 10.7 Å². The number of hydrogen-bond donors (Lipinski definition) is 1. The summed E-state index contributed by atoms with van der Waals surface area (Å²) in [7, 11) is 0. The zero-order valence-corrected chi connectivity index (χ0v) is 14.0. The number of ether oxygens (including phenoxy) is 1. The van der Waals surface area contributed by atoms with Gasteiger partial charge in [0.1, 0.15) is 5.75 Å². The van der Waals surface area contributed by atoms with E-state index in [0.717, 1.165) is 22.4 Å². The van der Waals surface area contributed by atoms with E-state index in [4.69, 9.17) is 16.3 Å². The van der Waals surface area contributed by atoms with Gasteiger partial charge >= 0.3 is 0 Å². The topological polar surface area (TPSA) is 38.3 Å². The maximum Gasteiger partial charge on any atom is 0.265 e. The average molecular weight is 318 g/mol. The molecule has 1 N–H and O–H groups in total. The van der Waals surface area contributed by atoms with Crippen LogP contribution in [-0.4, -0.2) is 12.0 Å². The van der Waals surface area contributed by atoms with E-state index < -0.39 is 6.10 Å². The molecule has 0 aliphatic heterocycles. The van der Waals surface area contributed by atoms with Crippen LogP contribution in [0.15, 0.2) is 36.4 Å². The fourth-order valence-corrected chi connectivity index (χ4v) is 2.19. The molecule has 2 aromatic carbocycles. The van der Waals surface area contributed by atoms with Crippen LogP contribution in [0.3, 0.4) is 0 Å². The number of carbonyl (C=O) groups excluding carboxylic acids is 1. The van der Waals surface area contributed by atoms with Crippen molar-refractivity contribution in [1.29, 1.82) is 0 Å². The highest BCUT2D eigenvalue weighted by atomic mass is 35.5. The van der Waals surface area contributed by atoms with Gasteiger partial charge in [0.2, 0.25) is 0 Å². The molecule has 1 amide bonds. The smallest absolute Gasteiger partial charge is 0.265 e. The van der Waals surface area contributed by atoms with E-state index >= 15 is 0 Å². The molecule has 0 aromatic heterocycles. The summed E-state index contributed by atoms with van der Waals surface area (Å²) in [5.41, 5.74) is 3.81. The zero-order valence-electron chi connectivity index (χ0n) is 13.2.